The van der Waals surface area contributed by atoms with Crippen molar-refractivity contribution in [3.8, 4) is 5.69 Å². The normalized spacial score (nSPS) is 11.8. The summed E-state index contributed by atoms with van der Waals surface area (Å²) in [6, 6.07) is 4.80. The number of aromatic nitrogens is 3. The molecule has 0 atom stereocenters. The second-order valence-corrected chi connectivity index (χ2v) is 3.66. The Morgan fingerprint density at radius 1 is 1.22 bits per heavy atom. The molecule has 2 rings (SSSR count). The second-order valence-electron chi connectivity index (χ2n) is 3.66. The maximum atomic E-state index is 12.4. The zero-order valence-electron chi connectivity index (χ0n) is 9.57. The predicted octanol–water partition coefficient (Wildman–Crippen LogP) is 2.01. The van der Waals surface area contributed by atoms with Gasteiger partial charge >= 0.3 is 6.18 Å². The summed E-state index contributed by atoms with van der Waals surface area (Å²) in [6.45, 7) is 0.487. The lowest BCUT2D eigenvalue weighted by Crippen LogP contribution is -2.12. The van der Waals surface area contributed by atoms with Crippen LogP contribution in [0.4, 0.5) is 13.2 Å². The molecule has 0 radical (unpaired) electrons. The van der Waals surface area contributed by atoms with E-state index in [1.54, 1.807) is 7.05 Å². The first-order chi connectivity index (χ1) is 8.52. The molecule has 0 spiro atoms. The van der Waals surface area contributed by atoms with Gasteiger partial charge in [0.25, 0.3) is 0 Å². The van der Waals surface area contributed by atoms with Crippen molar-refractivity contribution in [2.75, 3.05) is 7.05 Å². The van der Waals surface area contributed by atoms with Gasteiger partial charge in [-0.25, -0.2) is 9.67 Å². The largest absolute Gasteiger partial charge is 0.416 e. The minimum absolute atomic E-state index is 0.487. The number of halogens is 3. The number of rotatable bonds is 3. The molecular formula is C11H11F3N4. The molecule has 0 aliphatic carbocycles. The number of alkyl halides is 3. The molecule has 1 N–H and O–H groups in total. The molecule has 0 bridgehead atoms. The quantitative estimate of drug-likeness (QED) is 0.913. The van der Waals surface area contributed by atoms with Gasteiger partial charge in [-0.15, -0.1) is 0 Å². The lowest BCUT2D eigenvalue weighted by molar-refractivity contribution is -0.137. The average molecular weight is 256 g/mol. The molecule has 96 valence electrons. The van der Waals surface area contributed by atoms with Crippen LogP contribution in [0.25, 0.3) is 5.69 Å². The third kappa shape index (κ3) is 2.51. The highest BCUT2D eigenvalue weighted by atomic mass is 19.4. The first-order valence-corrected chi connectivity index (χ1v) is 5.23. The summed E-state index contributed by atoms with van der Waals surface area (Å²) in [4.78, 5) is 4.02. The van der Waals surface area contributed by atoms with Crippen LogP contribution in [0.5, 0.6) is 0 Å². The smallest absolute Gasteiger partial charge is 0.313 e. The fourth-order valence-electron chi connectivity index (χ4n) is 1.55. The zero-order valence-corrected chi connectivity index (χ0v) is 9.57. The molecule has 7 heteroatoms. The minimum atomic E-state index is -4.32. The molecule has 0 saturated heterocycles. The molecule has 2 aromatic rings. The summed E-state index contributed by atoms with van der Waals surface area (Å²) in [5.74, 6) is 0.636. The lowest BCUT2D eigenvalue weighted by atomic mass is 10.2. The Hall–Kier alpha value is -1.89. The van der Waals surface area contributed by atoms with Crippen molar-refractivity contribution in [3.05, 3.63) is 42.0 Å². The Morgan fingerprint density at radius 3 is 2.44 bits per heavy atom. The summed E-state index contributed by atoms with van der Waals surface area (Å²) in [7, 11) is 1.76. The van der Waals surface area contributed by atoms with Gasteiger partial charge in [0.2, 0.25) is 0 Å². The summed E-state index contributed by atoms with van der Waals surface area (Å²) < 4.78 is 38.7. The summed E-state index contributed by atoms with van der Waals surface area (Å²) in [6.07, 6.45) is -2.96. The average Bonchev–Trinajstić information content (AvgIpc) is 2.77. The number of hydrogen-bond donors (Lipinski definition) is 1. The molecule has 1 heterocycles. The topological polar surface area (TPSA) is 42.7 Å². The van der Waals surface area contributed by atoms with Crippen LogP contribution < -0.4 is 5.32 Å². The van der Waals surface area contributed by atoms with Crippen molar-refractivity contribution >= 4 is 0 Å². The molecule has 0 aliphatic rings. The Balaban J connectivity index is 2.32. The number of nitrogens with zero attached hydrogens (tertiary/aromatic N) is 3. The van der Waals surface area contributed by atoms with Crippen molar-refractivity contribution in [2.24, 2.45) is 0 Å². The number of hydrogen-bond acceptors (Lipinski definition) is 3. The van der Waals surface area contributed by atoms with Crippen LogP contribution >= 0.6 is 0 Å². The van der Waals surface area contributed by atoms with Crippen LogP contribution in [0.2, 0.25) is 0 Å². The van der Waals surface area contributed by atoms with E-state index >= 15 is 0 Å². The van der Waals surface area contributed by atoms with Gasteiger partial charge in [-0.2, -0.15) is 18.3 Å². The number of benzene rings is 1. The third-order valence-corrected chi connectivity index (χ3v) is 2.39. The van der Waals surface area contributed by atoms with E-state index in [9.17, 15) is 13.2 Å². The summed E-state index contributed by atoms with van der Waals surface area (Å²) in [5, 5.41) is 6.89. The first-order valence-electron chi connectivity index (χ1n) is 5.23. The Morgan fingerprint density at radius 2 is 1.89 bits per heavy atom. The predicted molar refractivity (Wildman–Crippen MR) is 59.1 cm³/mol. The molecular weight excluding hydrogens is 245 g/mol. The highest BCUT2D eigenvalue weighted by Gasteiger charge is 2.30. The van der Waals surface area contributed by atoms with Crippen molar-refractivity contribution < 1.29 is 13.2 Å². The van der Waals surface area contributed by atoms with Gasteiger partial charge < -0.3 is 5.32 Å². The Kier molecular flexibility index (Phi) is 3.33. The first kappa shape index (κ1) is 12.6. The third-order valence-electron chi connectivity index (χ3n) is 2.39. The van der Waals surface area contributed by atoms with E-state index in [1.807, 2.05) is 0 Å². The molecule has 4 nitrogen and oxygen atoms in total. The van der Waals surface area contributed by atoms with Crippen LogP contribution in [0, 0.1) is 0 Å². The van der Waals surface area contributed by atoms with Gasteiger partial charge in [0.1, 0.15) is 12.2 Å². The van der Waals surface area contributed by atoms with Crippen LogP contribution in [-0.4, -0.2) is 21.8 Å². The van der Waals surface area contributed by atoms with Crippen LogP contribution in [0.1, 0.15) is 11.4 Å². The van der Waals surface area contributed by atoms with Gasteiger partial charge in [0.15, 0.2) is 0 Å². The van der Waals surface area contributed by atoms with Gasteiger partial charge in [0, 0.05) is 0 Å². The van der Waals surface area contributed by atoms with E-state index in [0.29, 0.717) is 18.1 Å². The molecule has 1 aromatic carbocycles. The minimum Gasteiger partial charge on any atom is -0.313 e. The Bertz CT molecular complexity index is 516. The lowest BCUT2D eigenvalue weighted by Gasteiger charge is -2.09. The van der Waals surface area contributed by atoms with Crippen LogP contribution in [0.15, 0.2) is 30.6 Å². The van der Waals surface area contributed by atoms with E-state index in [4.69, 9.17) is 0 Å². The fraction of sp³-hybridized carbons (Fsp3) is 0.273. The molecule has 18 heavy (non-hydrogen) atoms. The number of nitrogens with one attached hydrogen (secondary N) is 1. The van der Waals surface area contributed by atoms with Gasteiger partial charge in [-0.05, 0) is 31.3 Å². The van der Waals surface area contributed by atoms with E-state index in [1.165, 1.54) is 23.1 Å². The SMILES string of the molecule is CNCc1ncnn1-c1ccc(C(F)(F)F)cc1. The van der Waals surface area contributed by atoms with Crippen molar-refractivity contribution in [1.82, 2.24) is 20.1 Å². The van der Waals surface area contributed by atoms with Crippen molar-refractivity contribution in [3.63, 3.8) is 0 Å². The van der Waals surface area contributed by atoms with Crippen molar-refractivity contribution in [1.29, 1.82) is 0 Å². The second kappa shape index (κ2) is 4.77. The standard InChI is InChI=1S/C11H11F3N4/c1-15-6-10-16-7-17-18(10)9-4-2-8(3-5-9)11(12,13)14/h2-5,7,15H,6H2,1H3. The summed E-state index contributed by atoms with van der Waals surface area (Å²) >= 11 is 0. The van der Waals surface area contributed by atoms with E-state index < -0.39 is 11.7 Å². The van der Waals surface area contributed by atoms with E-state index in [0.717, 1.165) is 12.1 Å². The molecule has 0 unspecified atom stereocenters. The molecule has 0 fully saturated rings. The van der Waals surface area contributed by atoms with Gasteiger partial charge in [0.05, 0.1) is 17.8 Å². The van der Waals surface area contributed by atoms with Crippen LogP contribution in [0.3, 0.4) is 0 Å². The molecule has 0 amide bonds. The molecule has 1 aromatic heterocycles. The molecule has 0 saturated carbocycles. The summed E-state index contributed by atoms with van der Waals surface area (Å²) in [5.41, 5.74) is -0.132. The fourth-order valence-corrected chi connectivity index (χ4v) is 1.55. The zero-order chi connectivity index (χ0) is 13.2. The van der Waals surface area contributed by atoms with Gasteiger partial charge in [-0.3, -0.25) is 0 Å². The monoisotopic (exact) mass is 256 g/mol. The Labute approximate surface area is 101 Å². The highest BCUT2D eigenvalue weighted by Crippen LogP contribution is 2.29. The van der Waals surface area contributed by atoms with Crippen molar-refractivity contribution in [2.45, 2.75) is 12.7 Å². The highest BCUT2D eigenvalue weighted by molar-refractivity contribution is 5.35. The molecule has 0 aliphatic heterocycles. The van der Waals surface area contributed by atoms with E-state index in [-0.39, 0.29) is 0 Å². The van der Waals surface area contributed by atoms with Gasteiger partial charge in [-0.1, -0.05) is 0 Å². The maximum Gasteiger partial charge on any atom is 0.416 e. The van der Waals surface area contributed by atoms with E-state index in [2.05, 4.69) is 15.4 Å². The van der Waals surface area contributed by atoms with Crippen LogP contribution in [-0.2, 0) is 12.7 Å². The maximum absolute atomic E-state index is 12.4.